The van der Waals surface area contributed by atoms with Gasteiger partial charge in [-0.25, -0.2) is 0 Å². The third kappa shape index (κ3) is 5.47. The first kappa shape index (κ1) is 19.7. The first-order chi connectivity index (χ1) is 13.0. The second kappa shape index (κ2) is 9.25. The van der Waals surface area contributed by atoms with E-state index < -0.39 is 0 Å². The van der Waals surface area contributed by atoms with E-state index in [0.29, 0.717) is 33.9 Å². The summed E-state index contributed by atoms with van der Waals surface area (Å²) in [7, 11) is 1.61. The minimum Gasteiger partial charge on any atom is -0.497 e. The van der Waals surface area contributed by atoms with Crippen LogP contribution in [0.15, 0.2) is 51.8 Å². The Labute approximate surface area is 175 Å². The largest absolute Gasteiger partial charge is 0.497 e. The summed E-state index contributed by atoms with van der Waals surface area (Å²) in [5, 5.41) is 2.61. The molecule has 0 aliphatic carbocycles. The molecule has 1 amide bonds. The molecule has 0 spiro atoms. The summed E-state index contributed by atoms with van der Waals surface area (Å²) in [4.78, 5) is 12.4. The molecule has 1 heterocycles. The van der Waals surface area contributed by atoms with Gasteiger partial charge >= 0.3 is 0 Å². The number of amides is 1. The molecule has 0 radical (unpaired) electrons. The molecule has 140 valence electrons. The van der Waals surface area contributed by atoms with Crippen LogP contribution in [0.1, 0.15) is 5.56 Å². The first-order valence-corrected chi connectivity index (χ1v) is 10.0. The van der Waals surface area contributed by atoms with Gasteiger partial charge in [0.25, 0.3) is 5.91 Å². The summed E-state index contributed by atoms with van der Waals surface area (Å²) in [6.07, 6.45) is 1.77. The number of hydrogen-bond donors (Lipinski definition) is 1. The Morgan fingerprint density at radius 1 is 1.15 bits per heavy atom. The van der Waals surface area contributed by atoms with Crippen LogP contribution in [0.3, 0.4) is 0 Å². The zero-order valence-corrected chi connectivity index (χ0v) is 17.6. The molecule has 0 saturated carbocycles. The van der Waals surface area contributed by atoms with Crippen molar-refractivity contribution in [3.63, 3.8) is 0 Å². The molecule has 2 aromatic rings. The van der Waals surface area contributed by atoms with Crippen molar-refractivity contribution in [2.75, 3.05) is 20.3 Å². The molecule has 1 N–H and O–H groups in total. The molecule has 0 bridgehead atoms. The smallest absolute Gasteiger partial charge is 0.263 e. The van der Waals surface area contributed by atoms with Gasteiger partial charge in [-0.15, -0.1) is 0 Å². The van der Waals surface area contributed by atoms with Gasteiger partial charge in [-0.1, -0.05) is 46.0 Å². The molecule has 5 nitrogen and oxygen atoms in total. The third-order valence-corrected chi connectivity index (χ3v) is 5.21. The summed E-state index contributed by atoms with van der Waals surface area (Å²) in [6, 6.07) is 13.0. The number of thioether (sulfide) groups is 1. The van der Waals surface area contributed by atoms with Crippen LogP contribution in [0.5, 0.6) is 17.2 Å². The van der Waals surface area contributed by atoms with Crippen LogP contribution in [0.2, 0.25) is 0 Å². The number of halogens is 1. The van der Waals surface area contributed by atoms with Gasteiger partial charge in [-0.2, -0.15) is 0 Å². The summed E-state index contributed by atoms with van der Waals surface area (Å²) >= 11 is 9.70. The van der Waals surface area contributed by atoms with Gasteiger partial charge in [0.2, 0.25) is 0 Å². The lowest BCUT2D eigenvalue weighted by Crippen LogP contribution is -2.17. The van der Waals surface area contributed by atoms with Crippen LogP contribution >= 0.6 is 39.9 Å². The van der Waals surface area contributed by atoms with Gasteiger partial charge < -0.3 is 19.5 Å². The maximum absolute atomic E-state index is 11.9. The highest BCUT2D eigenvalue weighted by Gasteiger charge is 2.22. The van der Waals surface area contributed by atoms with Gasteiger partial charge in [-0.05, 0) is 36.4 Å². The number of benzene rings is 2. The molecular formula is C19H16BrNO4S2. The predicted molar refractivity (Wildman–Crippen MR) is 114 cm³/mol. The van der Waals surface area contributed by atoms with Gasteiger partial charge in [-0.3, -0.25) is 4.79 Å². The lowest BCUT2D eigenvalue weighted by Gasteiger charge is -2.11. The minimum atomic E-state index is -0.197. The van der Waals surface area contributed by atoms with Crippen molar-refractivity contribution in [2.24, 2.45) is 0 Å². The quantitative estimate of drug-likeness (QED) is 0.371. The lowest BCUT2D eigenvalue weighted by atomic mass is 10.2. The van der Waals surface area contributed by atoms with E-state index in [2.05, 4.69) is 21.2 Å². The number of methoxy groups -OCH3 is 1. The van der Waals surface area contributed by atoms with Crippen LogP contribution < -0.4 is 19.5 Å². The molecule has 0 atom stereocenters. The van der Waals surface area contributed by atoms with E-state index in [9.17, 15) is 4.79 Å². The Kier molecular flexibility index (Phi) is 6.76. The zero-order chi connectivity index (χ0) is 19.2. The van der Waals surface area contributed by atoms with Gasteiger partial charge in [0.1, 0.15) is 34.8 Å². The normalized spacial score (nSPS) is 15.0. The van der Waals surface area contributed by atoms with Crippen molar-refractivity contribution in [3.05, 3.63) is 57.4 Å². The molecule has 2 aromatic carbocycles. The molecule has 1 fully saturated rings. The molecule has 0 unspecified atom stereocenters. The molecule has 1 aliphatic heterocycles. The Bertz CT molecular complexity index is 901. The van der Waals surface area contributed by atoms with Crippen LogP contribution in [-0.2, 0) is 4.79 Å². The maximum atomic E-state index is 11.9. The summed E-state index contributed by atoms with van der Waals surface area (Å²) in [6.45, 7) is 0.728. The third-order valence-electron chi connectivity index (χ3n) is 3.55. The van der Waals surface area contributed by atoms with E-state index in [1.807, 2.05) is 42.5 Å². The molecule has 8 heteroatoms. The molecule has 1 saturated heterocycles. The van der Waals surface area contributed by atoms with E-state index in [4.69, 9.17) is 26.4 Å². The summed E-state index contributed by atoms with van der Waals surface area (Å²) < 4.78 is 18.0. The fourth-order valence-electron chi connectivity index (χ4n) is 2.33. The minimum absolute atomic E-state index is 0.197. The maximum Gasteiger partial charge on any atom is 0.263 e. The zero-order valence-electron chi connectivity index (χ0n) is 14.4. The highest BCUT2D eigenvalue weighted by atomic mass is 79.9. The van der Waals surface area contributed by atoms with Crippen LogP contribution in [0.25, 0.3) is 6.08 Å². The van der Waals surface area contributed by atoms with Crippen molar-refractivity contribution in [2.45, 2.75) is 0 Å². The molecule has 27 heavy (non-hydrogen) atoms. The number of hydrogen-bond acceptors (Lipinski definition) is 6. The van der Waals surface area contributed by atoms with Crippen molar-refractivity contribution in [1.82, 2.24) is 5.32 Å². The summed E-state index contributed by atoms with van der Waals surface area (Å²) in [5.41, 5.74) is 0.785. The van der Waals surface area contributed by atoms with E-state index in [1.54, 1.807) is 13.2 Å². The standard InChI is InChI=1S/C19H16BrNO4S2/c1-23-14-3-2-4-15(11-14)24-7-8-25-16-6-5-13(20)9-12(16)10-17-18(22)21-19(26)27-17/h2-6,9-11H,7-8H2,1H3,(H,21,22,26)/b17-10+. The molecule has 3 rings (SSSR count). The number of carbonyl (C=O) groups excluding carboxylic acids is 1. The Hall–Kier alpha value is -2.03. The monoisotopic (exact) mass is 465 g/mol. The van der Waals surface area contributed by atoms with Gasteiger partial charge in [0.05, 0.1) is 12.0 Å². The van der Waals surface area contributed by atoms with Gasteiger partial charge in [0.15, 0.2) is 0 Å². The second-order valence-electron chi connectivity index (χ2n) is 5.41. The van der Waals surface area contributed by atoms with Crippen molar-refractivity contribution >= 4 is 56.2 Å². The van der Waals surface area contributed by atoms with Crippen LogP contribution in [-0.4, -0.2) is 30.6 Å². The van der Waals surface area contributed by atoms with E-state index in [1.165, 1.54) is 11.8 Å². The van der Waals surface area contributed by atoms with Crippen molar-refractivity contribution < 1.29 is 19.0 Å². The number of ether oxygens (including phenoxy) is 3. The number of thiocarbonyl (C=S) groups is 1. The number of rotatable bonds is 7. The van der Waals surface area contributed by atoms with E-state index in [0.717, 1.165) is 15.8 Å². The number of carbonyl (C=O) groups is 1. The average molecular weight is 466 g/mol. The second-order valence-corrected chi connectivity index (χ2v) is 8.04. The fraction of sp³-hybridized carbons (Fsp3) is 0.158. The number of nitrogens with one attached hydrogen (secondary N) is 1. The van der Waals surface area contributed by atoms with Crippen molar-refractivity contribution in [3.8, 4) is 17.2 Å². The predicted octanol–water partition coefficient (Wildman–Crippen LogP) is 4.40. The Morgan fingerprint density at radius 3 is 2.67 bits per heavy atom. The lowest BCUT2D eigenvalue weighted by molar-refractivity contribution is -0.115. The SMILES string of the molecule is COc1cccc(OCCOc2ccc(Br)cc2/C=C2/SC(=S)NC2=O)c1. The highest BCUT2D eigenvalue weighted by Crippen LogP contribution is 2.31. The van der Waals surface area contributed by atoms with E-state index >= 15 is 0 Å². The Morgan fingerprint density at radius 2 is 1.93 bits per heavy atom. The van der Waals surface area contributed by atoms with Crippen molar-refractivity contribution in [1.29, 1.82) is 0 Å². The molecular weight excluding hydrogens is 450 g/mol. The molecule has 1 aliphatic rings. The topological polar surface area (TPSA) is 56.8 Å². The van der Waals surface area contributed by atoms with Crippen LogP contribution in [0, 0.1) is 0 Å². The molecule has 0 aromatic heterocycles. The fourth-order valence-corrected chi connectivity index (χ4v) is 3.74. The Balaban J connectivity index is 1.64. The first-order valence-electron chi connectivity index (χ1n) is 7.99. The van der Waals surface area contributed by atoms with Crippen LogP contribution in [0.4, 0.5) is 0 Å². The van der Waals surface area contributed by atoms with Gasteiger partial charge in [0, 0.05) is 16.1 Å². The summed E-state index contributed by atoms with van der Waals surface area (Å²) in [5.74, 6) is 1.91. The van der Waals surface area contributed by atoms with E-state index in [-0.39, 0.29) is 5.91 Å². The highest BCUT2D eigenvalue weighted by molar-refractivity contribution is 9.10. The average Bonchev–Trinajstić information content (AvgIpc) is 2.97.